The van der Waals surface area contributed by atoms with Crippen molar-refractivity contribution in [2.24, 2.45) is 0 Å². The van der Waals surface area contributed by atoms with E-state index in [4.69, 9.17) is 5.11 Å². The maximum absolute atomic E-state index is 11.5. The van der Waals surface area contributed by atoms with Crippen molar-refractivity contribution in [2.75, 3.05) is 13.1 Å². The highest BCUT2D eigenvalue weighted by Gasteiger charge is 2.38. The smallest absolute Gasteiger partial charge is 0.465 e. The largest absolute Gasteiger partial charge is 0.471 e. The summed E-state index contributed by atoms with van der Waals surface area (Å²) in [7, 11) is 0. The molecule has 0 bridgehead atoms. The van der Waals surface area contributed by atoms with Gasteiger partial charge in [-0.15, -0.1) is 0 Å². The average molecular weight is 200 g/mol. The van der Waals surface area contributed by atoms with Gasteiger partial charge in [0.1, 0.15) is 0 Å². The maximum Gasteiger partial charge on any atom is 0.471 e. The minimum atomic E-state index is -4.93. The summed E-state index contributed by atoms with van der Waals surface area (Å²) < 4.78 is 34.5. The number of carbonyl (C=O) groups excluding carboxylic acids is 1. The summed E-state index contributed by atoms with van der Waals surface area (Å²) in [5, 5.41) is 11.3. The van der Waals surface area contributed by atoms with E-state index < -0.39 is 24.7 Å². The van der Waals surface area contributed by atoms with E-state index in [1.807, 2.05) is 0 Å². The third-order valence-electron chi connectivity index (χ3n) is 0.944. The van der Waals surface area contributed by atoms with Gasteiger partial charge in [0, 0.05) is 13.1 Å². The van der Waals surface area contributed by atoms with Crippen molar-refractivity contribution in [1.82, 2.24) is 10.6 Å². The minimum Gasteiger partial charge on any atom is -0.465 e. The number of hydrogen-bond acceptors (Lipinski definition) is 2. The van der Waals surface area contributed by atoms with Gasteiger partial charge in [0.25, 0.3) is 0 Å². The fraction of sp³-hybridized carbons (Fsp3) is 0.600. The van der Waals surface area contributed by atoms with Gasteiger partial charge in [0.05, 0.1) is 0 Å². The zero-order valence-electron chi connectivity index (χ0n) is 6.31. The zero-order chi connectivity index (χ0) is 10.5. The molecule has 0 atom stereocenters. The molecule has 0 spiro atoms. The quantitative estimate of drug-likeness (QED) is 0.558. The lowest BCUT2D eigenvalue weighted by atomic mass is 10.5. The lowest BCUT2D eigenvalue weighted by Crippen LogP contribution is -2.40. The van der Waals surface area contributed by atoms with Gasteiger partial charge >= 0.3 is 18.2 Å². The molecule has 0 aliphatic heterocycles. The van der Waals surface area contributed by atoms with Crippen molar-refractivity contribution in [1.29, 1.82) is 0 Å². The predicted octanol–water partition coefficient (Wildman–Crippen LogP) is -0.0675. The van der Waals surface area contributed by atoms with Gasteiger partial charge in [-0.05, 0) is 0 Å². The van der Waals surface area contributed by atoms with Crippen molar-refractivity contribution in [3.05, 3.63) is 0 Å². The molecular weight excluding hydrogens is 193 g/mol. The second-order valence-electron chi connectivity index (χ2n) is 1.99. The maximum atomic E-state index is 11.5. The van der Waals surface area contributed by atoms with E-state index in [0.29, 0.717) is 0 Å². The second kappa shape index (κ2) is 4.53. The van der Waals surface area contributed by atoms with E-state index in [1.54, 1.807) is 5.32 Å². The van der Waals surface area contributed by atoms with Crippen molar-refractivity contribution in [3.8, 4) is 0 Å². The monoisotopic (exact) mass is 200 g/mol. The Kier molecular flexibility index (Phi) is 4.02. The van der Waals surface area contributed by atoms with Crippen LogP contribution in [0.1, 0.15) is 0 Å². The first-order chi connectivity index (χ1) is 5.84. The number of carbonyl (C=O) groups is 2. The van der Waals surface area contributed by atoms with Crippen LogP contribution in [0.4, 0.5) is 18.0 Å². The summed E-state index contributed by atoms with van der Waals surface area (Å²) in [6.07, 6.45) is -6.29. The predicted molar refractivity (Wildman–Crippen MR) is 35.1 cm³/mol. The Morgan fingerprint density at radius 1 is 1.15 bits per heavy atom. The molecule has 0 fully saturated rings. The molecule has 0 rings (SSSR count). The summed E-state index contributed by atoms with van der Waals surface area (Å²) in [6, 6.07) is 0. The molecular formula is C5H7F3N2O3. The molecule has 8 heteroatoms. The van der Waals surface area contributed by atoms with Crippen LogP contribution >= 0.6 is 0 Å². The molecule has 0 saturated carbocycles. The Bertz CT molecular complexity index is 204. The summed E-state index contributed by atoms with van der Waals surface area (Å²) in [5.41, 5.74) is 0. The molecule has 5 nitrogen and oxygen atoms in total. The Morgan fingerprint density at radius 2 is 1.62 bits per heavy atom. The fourth-order valence-corrected chi connectivity index (χ4v) is 0.446. The molecule has 0 aromatic rings. The topological polar surface area (TPSA) is 78.4 Å². The van der Waals surface area contributed by atoms with Gasteiger partial charge in [0.2, 0.25) is 0 Å². The Hall–Kier alpha value is -1.47. The highest BCUT2D eigenvalue weighted by atomic mass is 19.4. The minimum absolute atomic E-state index is 0.267. The van der Waals surface area contributed by atoms with Crippen LogP contribution in [0, 0.1) is 0 Å². The molecule has 3 N–H and O–H groups in total. The first-order valence-electron chi connectivity index (χ1n) is 3.16. The van der Waals surface area contributed by atoms with Crippen molar-refractivity contribution in [3.63, 3.8) is 0 Å². The van der Waals surface area contributed by atoms with Crippen LogP contribution in [-0.4, -0.2) is 36.4 Å². The molecule has 0 saturated heterocycles. The van der Waals surface area contributed by atoms with Crippen LogP contribution in [0.2, 0.25) is 0 Å². The number of rotatable bonds is 3. The standard InChI is InChI=1S/C5H7F3N2O3/c6-5(7,8)3(11)9-1-2-10-4(12)13/h10H,1-2H2,(H,9,11)(H,12,13). The Labute approximate surface area is 70.9 Å². The SMILES string of the molecule is O=C(O)NCCNC(=O)C(F)(F)F. The van der Waals surface area contributed by atoms with Gasteiger partial charge in [-0.1, -0.05) is 0 Å². The van der Waals surface area contributed by atoms with E-state index in [2.05, 4.69) is 0 Å². The van der Waals surface area contributed by atoms with E-state index in [-0.39, 0.29) is 6.54 Å². The summed E-state index contributed by atoms with van der Waals surface area (Å²) in [4.78, 5) is 19.9. The number of hydrogen-bond donors (Lipinski definition) is 3. The first-order valence-corrected chi connectivity index (χ1v) is 3.16. The molecule has 76 valence electrons. The lowest BCUT2D eigenvalue weighted by Gasteiger charge is -2.06. The van der Waals surface area contributed by atoms with E-state index in [1.165, 1.54) is 5.32 Å². The van der Waals surface area contributed by atoms with Crippen molar-refractivity contribution >= 4 is 12.0 Å². The summed E-state index contributed by atoms with van der Waals surface area (Å²) >= 11 is 0. The van der Waals surface area contributed by atoms with Crippen LogP contribution in [0.3, 0.4) is 0 Å². The molecule has 13 heavy (non-hydrogen) atoms. The molecule has 0 heterocycles. The fourth-order valence-electron chi connectivity index (χ4n) is 0.446. The van der Waals surface area contributed by atoms with E-state index in [9.17, 15) is 22.8 Å². The van der Waals surface area contributed by atoms with Crippen LogP contribution in [0.25, 0.3) is 0 Å². The highest BCUT2D eigenvalue weighted by molar-refractivity contribution is 5.81. The Morgan fingerprint density at radius 3 is 2.00 bits per heavy atom. The molecule has 0 aromatic heterocycles. The van der Waals surface area contributed by atoms with Gasteiger partial charge in [-0.3, -0.25) is 4.79 Å². The normalized spacial score (nSPS) is 10.7. The molecule has 0 aromatic carbocycles. The van der Waals surface area contributed by atoms with Crippen LogP contribution in [0.15, 0.2) is 0 Å². The number of nitrogens with one attached hydrogen (secondary N) is 2. The number of carboxylic acid groups (broad SMARTS) is 1. The average Bonchev–Trinajstić information content (AvgIpc) is 1.95. The van der Waals surface area contributed by atoms with Gasteiger partial charge < -0.3 is 15.7 Å². The van der Waals surface area contributed by atoms with E-state index >= 15 is 0 Å². The molecule has 2 amide bonds. The Balaban J connectivity index is 3.55. The van der Waals surface area contributed by atoms with Gasteiger partial charge in [-0.2, -0.15) is 13.2 Å². The molecule has 0 aliphatic carbocycles. The van der Waals surface area contributed by atoms with Gasteiger partial charge in [-0.25, -0.2) is 4.79 Å². The van der Waals surface area contributed by atoms with Crippen molar-refractivity contribution < 1.29 is 27.9 Å². The van der Waals surface area contributed by atoms with Gasteiger partial charge in [0.15, 0.2) is 0 Å². The van der Waals surface area contributed by atoms with E-state index in [0.717, 1.165) is 0 Å². The third-order valence-corrected chi connectivity index (χ3v) is 0.944. The molecule has 0 aliphatic rings. The molecule has 0 radical (unpaired) electrons. The number of amides is 2. The lowest BCUT2D eigenvalue weighted by molar-refractivity contribution is -0.173. The van der Waals surface area contributed by atoms with Crippen LogP contribution in [-0.2, 0) is 4.79 Å². The number of halogens is 3. The van der Waals surface area contributed by atoms with Crippen LogP contribution < -0.4 is 10.6 Å². The third kappa shape index (κ3) is 5.76. The summed E-state index contributed by atoms with van der Waals surface area (Å²) in [6.45, 7) is -0.665. The first kappa shape index (κ1) is 11.5. The highest BCUT2D eigenvalue weighted by Crippen LogP contribution is 2.13. The van der Waals surface area contributed by atoms with Crippen molar-refractivity contribution in [2.45, 2.75) is 6.18 Å². The van der Waals surface area contributed by atoms with Crippen LogP contribution in [0.5, 0.6) is 0 Å². The number of alkyl halides is 3. The second-order valence-corrected chi connectivity index (χ2v) is 1.99. The molecule has 0 unspecified atom stereocenters. The summed E-state index contributed by atoms with van der Waals surface area (Å²) in [5.74, 6) is -2.08. The zero-order valence-corrected chi connectivity index (χ0v) is 6.31.